The minimum atomic E-state index is -3.57. The van der Waals surface area contributed by atoms with Crippen LogP contribution in [0, 0.1) is 0 Å². The van der Waals surface area contributed by atoms with Crippen molar-refractivity contribution >= 4 is 16.2 Å². The molecule has 98 valence electrons. The molecule has 8 heteroatoms. The summed E-state index contributed by atoms with van der Waals surface area (Å²) in [6.45, 7) is 1.32. The molecule has 0 saturated carbocycles. The van der Waals surface area contributed by atoms with Crippen LogP contribution in [0.25, 0.3) is 0 Å². The Morgan fingerprint density at radius 1 is 1.35 bits per heavy atom. The van der Waals surface area contributed by atoms with E-state index in [1.54, 1.807) is 0 Å². The fourth-order valence-electron chi connectivity index (χ4n) is 0.780. The van der Waals surface area contributed by atoms with Crippen molar-refractivity contribution in [2.45, 2.75) is 13.5 Å². The Morgan fingerprint density at radius 3 is 2.12 bits per heavy atom. The molecule has 0 unspecified atom stereocenters. The number of carboxylic acid groups (broad SMARTS) is 1. The number of hydrogen-bond acceptors (Lipinski definition) is 4. The molecule has 0 saturated heterocycles. The first-order valence-corrected chi connectivity index (χ1v) is 5.87. The summed E-state index contributed by atoms with van der Waals surface area (Å²) >= 11 is 0. The minimum absolute atomic E-state index is 0. The molecule has 7 N–H and O–H groups in total. The van der Waals surface area contributed by atoms with E-state index in [1.165, 1.54) is 0 Å². The van der Waals surface area contributed by atoms with E-state index in [4.69, 9.17) is 15.0 Å². The number of carboxylic acids is 1. The third-order valence-corrected chi connectivity index (χ3v) is 1.87. The molecular formula is C9H17N3O4S. The maximum atomic E-state index is 10.5. The van der Waals surface area contributed by atoms with Gasteiger partial charge in [0.05, 0.1) is 0 Å². The number of rotatable bonds is 3. The molecule has 1 aromatic carbocycles. The lowest BCUT2D eigenvalue weighted by atomic mass is 10.2. The third kappa shape index (κ3) is 14.5. The monoisotopic (exact) mass is 263 g/mol. The highest BCUT2D eigenvalue weighted by atomic mass is 32.2. The Hall–Kier alpha value is -1.48. The lowest BCUT2D eigenvalue weighted by Crippen LogP contribution is -2.30. The van der Waals surface area contributed by atoms with Gasteiger partial charge in [0.1, 0.15) is 0 Å². The predicted octanol–water partition coefficient (Wildman–Crippen LogP) is 0.233. The Labute approximate surface area is 100 Å². The average molecular weight is 263 g/mol. The summed E-state index contributed by atoms with van der Waals surface area (Å²) in [4.78, 5) is 9.00. The third-order valence-electron chi connectivity index (χ3n) is 1.32. The molecule has 7 nitrogen and oxygen atoms in total. The quantitative estimate of drug-likeness (QED) is 0.617. The van der Waals surface area contributed by atoms with Crippen molar-refractivity contribution in [3.8, 4) is 0 Å². The molecule has 0 atom stereocenters. The summed E-state index contributed by atoms with van der Waals surface area (Å²) in [5.74, 6) is -0.833. The van der Waals surface area contributed by atoms with Crippen LogP contribution in [-0.4, -0.2) is 19.5 Å². The number of aliphatic carboxylic acids is 1. The van der Waals surface area contributed by atoms with Crippen LogP contribution in [0.2, 0.25) is 0 Å². The summed E-state index contributed by atoms with van der Waals surface area (Å²) in [6, 6.07) is 9.16. The van der Waals surface area contributed by atoms with E-state index in [2.05, 4.69) is 4.72 Å². The minimum Gasteiger partial charge on any atom is -0.481 e. The van der Waals surface area contributed by atoms with Crippen LogP contribution in [0.3, 0.4) is 0 Å². The Kier molecular flexibility index (Phi) is 9.10. The molecular weight excluding hydrogens is 246 g/mol. The molecule has 0 heterocycles. The van der Waals surface area contributed by atoms with Crippen LogP contribution < -0.4 is 16.0 Å². The number of hydrogen-bond donors (Lipinski definition) is 4. The molecule has 17 heavy (non-hydrogen) atoms. The van der Waals surface area contributed by atoms with Gasteiger partial charge in [-0.3, -0.25) is 4.79 Å². The largest absolute Gasteiger partial charge is 0.481 e. The SMILES string of the molecule is CC(=O)O.N.NS(=O)(=O)NCc1ccccc1. The van der Waals surface area contributed by atoms with E-state index < -0.39 is 16.2 Å². The average Bonchev–Trinajstić information content (AvgIpc) is 2.14. The molecule has 0 spiro atoms. The lowest BCUT2D eigenvalue weighted by molar-refractivity contribution is -0.134. The maximum absolute atomic E-state index is 10.5. The van der Waals surface area contributed by atoms with Gasteiger partial charge in [0.15, 0.2) is 0 Å². The Balaban J connectivity index is 0. The molecule has 0 aliphatic carbocycles. The van der Waals surface area contributed by atoms with Crippen molar-refractivity contribution < 1.29 is 18.3 Å². The van der Waals surface area contributed by atoms with E-state index in [0.717, 1.165) is 12.5 Å². The topological polar surface area (TPSA) is 144 Å². The first-order chi connectivity index (χ1) is 7.31. The fourth-order valence-corrected chi connectivity index (χ4v) is 1.15. The molecule has 0 bridgehead atoms. The van der Waals surface area contributed by atoms with Gasteiger partial charge >= 0.3 is 0 Å². The second-order valence-electron chi connectivity index (χ2n) is 2.87. The van der Waals surface area contributed by atoms with Crippen molar-refractivity contribution in [2.24, 2.45) is 5.14 Å². The first kappa shape index (κ1) is 17.9. The van der Waals surface area contributed by atoms with Gasteiger partial charge in [0.25, 0.3) is 16.2 Å². The van der Waals surface area contributed by atoms with Crippen molar-refractivity contribution in [3.63, 3.8) is 0 Å². The molecule has 0 aliphatic rings. The van der Waals surface area contributed by atoms with E-state index >= 15 is 0 Å². The van der Waals surface area contributed by atoms with Crippen molar-refractivity contribution in [3.05, 3.63) is 35.9 Å². The molecule has 1 aromatic rings. The van der Waals surface area contributed by atoms with E-state index in [9.17, 15) is 8.42 Å². The smallest absolute Gasteiger partial charge is 0.300 e. The Bertz CT molecular complexity index is 415. The standard InChI is InChI=1S/C7H10N2O2S.C2H4O2.H3N/c8-12(10,11)9-6-7-4-2-1-3-5-7;1-2(3)4;/h1-5,9H,6H2,(H2,8,10,11);1H3,(H,3,4);1H3. The summed E-state index contributed by atoms with van der Waals surface area (Å²) in [6.07, 6.45) is 0. The van der Waals surface area contributed by atoms with Gasteiger partial charge in [0.2, 0.25) is 0 Å². The molecule has 0 fully saturated rings. The second-order valence-corrected chi connectivity index (χ2v) is 4.25. The van der Waals surface area contributed by atoms with Gasteiger partial charge in [-0.25, -0.2) is 5.14 Å². The van der Waals surface area contributed by atoms with Gasteiger partial charge in [0, 0.05) is 13.5 Å². The van der Waals surface area contributed by atoms with Crippen LogP contribution in [-0.2, 0) is 21.5 Å². The van der Waals surface area contributed by atoms with Crippen LogP contribution in [0.4, 0.5) is 0 Å². The molecule has 0 radical (unpaired) electrons. The van der Waals surface area contributed by atoms with Crippen LogP contribution in [0.5, 0.6) is 0 Å². The number of carbonyl (C=O) groups is 1. The number of nitrogens with one attached hydrogen (secondary N) is 1. The highest BCUT2D eigenvalue weighted by molar-refractivity contribution is 7.87. The number of nitrogens with two attached hydrogens (primary N) is 1. The highest BCUT2D eigenvalue weighted by Crippen LogP contribution is 1.96. The summed E-state index contributed by atoms with van der Waals surface area (Å²) in [5, 5.41) is 12.2. The highest BCUT2D eigenvalue weighted by Gasteiger charge is 1.99. The maximum Gasteiger partial charge on any atom is 0.300 e. The zero-order chi connectivity index (χ0) is 12.6. The van der Waals surface area contributed by atoms with Crippen molar-refractivity contribution in [1.29, 1.82) is 0 Å². The van der Waals surface area contributed by atoms with Gasteiger partial charge in [-0.15, -0.1) is 0 Å². The van der Waals surface area contributed by atoms with Crippen LogP contribution in [0.1, 0.15) is 12.5 Å². The molecule has 1 rings (SSSR count). The zero-order valence-corrected chi connectivity index (χ0v) is 10.3. The summed E-state index contributed by atoms with van der Waals surface area (Å²) in [5.41, 5.74) is 0.881. The van der Waals surface area contributed by atoms with Crippen LogP contribution >= 0.6 is 0 Å². The summed E-state index contributed by atoms with van der Waals surface area (Å²) in [7, 11) is -3.57. The van der Waals surface area contributed by atoms with Gasteiger partial charge < -0.3 is 11.3 Å². The first-order valence-electron chi connectivity index (χ1n) is 4.32. The lowest BCUT2D eigenvalue weighted by Gasteiger charge is -2.00. The normalized spacial score (nSPS) is 9.53. The van der Waals surface area contributed by atoms with Gasteiger partial charge in [-0.1, -0.05) is 30.3 Å². The van der Waals surface area contributed by atoms with Gasteiger partial charge in [-0.05, 0) is 5.56 Å². The second kappa shape index (κ2) is 8.65. The zero-order valence-electron chi connectivity index (χ0n) is 9.46. The number of benzene rings is 1. The molecule has 0 amide bonds. The summed E-state index contributed by atoms with van der Waals surface area (Å²) < 4.78 is 23.1. The van der Waals surface area contributed by atoms with Crippen molar-refractivity contribution in [2.75, 3.05) is 0 Å². The van der Waals surface area contributed by atoms with E-state index in [1.807, 2.05) is 30.3 Å². The molecule has 0 aliphatic heterocycles. The molecule has 0 aromatic heterocycles. The van der Waals surface area contributed by atoms with Crippen molar-refractivity contribution in [1.82, 2.24) is 10.9 Å². The van der Waals surface area contributed by atoms with Gasteiger partial charge in [-0.2, -0.15) is 13.1 Å². The van der Waals surface area contributed by atoms with Crippen LogP contribution in [0.15, 0.2) is 30.3 Å². The van der Waals surface area contributed by atoms with E-state index in [-0.39, 0.29) is 12.7 Å². The Morgan fingerprint density at radius 2 is 1.76 bits per heavy atom. The van der Waals surface area contributed by atoms with E-state index in [0.29, 0.717) is 0 Å². The predicted molar refractivity (Wildman–Crippen MR) is 64.7 cm³/mol. The fraction of sp³-hybridized carbons (Fsp3) is 0.222.